The second-order valence-electron chi connectivity index (χ2n) is 13.2. The van der Waals surface area contributed by atoms with Crippen LogP contribution in [0.15, 0.2) is 78.9 Å². The van der Waals surface area contributed by atoms with Crippen molar-refractivity contribution in [2.24, 2.45) is 7.05 Å². The van der Waals surface area contributed by atoms with Gasteiger partial charge in [0.1, 0.15) is 5.69 Å². The number of hydrogen-bond acceptors (Lipinski definition) is 6. The lowest BCUT2D eigenvalue weighted by atomic mass is 9.92. The fraction of sp³-hybridized carbons (Fsp3) is 0.351. The molecule has 0 aliphatic carbocycles. The molecular weight excluding hydrogens is 592 g/mol. The number of amides is 2. The second-order valence-corrected chi connectivity index (χ2v) is 13.2. The number of aliphatic carboxylic acids is 1. The van der Waals surface area contributed by atoms with Crippen LogP contribution in [-0.2, 0) is 23.8 Å². The number of aryl methyl sites for hydroxylation is 1. The summed E-state index contributed by atoms with van der Waals surface area (Å²) in [6.45, 7) is 9.97. The molecule has 1 saturated heterocycles. The van der Waals surface area contributed by atoms with Gasteiger partial charge in [0.05, 0.1) is 23.5 Å². The Balaban J connectivity index is 1.44. The van der Waals surface area contributed by atoms with Crippen LogP contribution in [0.25, 0.3) is 11.1 Å². The summed E-state index contributed by atoms with van der Waals surface area (Å²) in [5.74, 6) is -1.42. The van der Waals surface area contributed by atoms with E-state index >= 15 is 0 Å². The molecule has 0 spiro atoms. The van der Waals surface area contributed by atoms with E-state index in [0.29, 0.717) is 11.3 Å². The SMILES string of the molecule is CN1CCN(c2ccc(-c3cccc(CN(CCC(=O)O)C(=O)c4cc(C(C)(C)C)nn4C)c3)cc2NC(=O)c2ccccc2)CC1. The van der Waals surface area contributed by atoms with E-state index in [1.807, 2.05) is 69.3 Å². The summed E-state index contributed by atoms with van der Waals surface area (Å²) in [5.41, 5.74) is 5.94. The first kappa shape index (κ1) is 33.4. The number of aromatic nitrogens is 2. The van der Waals surface area contributed by atoms with Crippen molar-refractivity contribution in [3.8, 4) is 11.1 Å². The van der Waals surface area contributed by atoms with Gasteiger partial charge in [-0.15, -0.1) is 0 Å². The molecule has 1 fully saturated rings. The predicted octanol–water partition coefficient (Wildman–Crippen LogP) is 5.51. The van der Waals surface area contributed by atoms with Gasteiger partial charge in [-0.25, -0.2) is 0 Å². The van der Waals surface area contributed by atoms with Gasteiger partial charge >= 0.3 is 5.97 Å². The van der Waals surface area contributed by atoms with E-state index in [2.05, 4.69) is 39.4 Å². The number of piperazine rings is 1. The summed E-state index contributed by atoms with van der Waals surface area (Å²) in [7, 11) is 3.85. The van der Waals surface area contributed by atoms with Crippen LogP contribution in [0, 0.1) is 0 Å². The smallest absolute Gasteiger partial charge is 0.305 e. The maximum Gasteiger partial charge on any atom is 0.305 e. The molecule has 2 amide bonds. The third-order valence-corrected chi connectivity index (χ3v) is 8.51. The largest absolute Gasteiger partial charge is 0.481 e. The summed E-state index contributed by atoms with van der Waals surface area (Å²) < 4.78 is 1.57. The van der Waals surface area contributed by atoms with Crippen molar-refractivity contribution in [3.63, 3.8) is 0 Å². The summed E-state index contributed by atoms with van der Waals surface area (Å²) >= 11 is 0. The number of rotatable bonds is 10. The molecule has 4 aromatic rings. The Labute approximate surface area is 276 Å². The van der Waals surface area contributed by atoms with Crippen LogP contribution in [0.5, 0.6) is 0 Å². The van der Waals surface area contributed by atoms with Gasteiger partial charge in [-0.3, -0.25) is 19.1 Å². The van der Waals surface area contributed by atoms with E-state index in [1.54, 1.807) is 34.8 Å². The average Bonchev–Trinajstić information content (AvgIpc) is 3.46. The normalized spacial score (nSPS) is 13.8. The van der Waals surface area contributed by atoms with Crippen LogP contribution < -0.4 is 10.2 Å². The lowest BCUT2D eigenvalue weighted by Gasteiger charge is -2.35. The Morgan fingerprint density at radius 2 is 1.57 bits per heavy atom. The van der Waals surface area contributed by atoms with E-state index < -0.39 is 5.97 Å². The van der Waals surface area contributed by atoms with Crippen LogP contribution >= 0.6 is 0 Å². The molecule has 1 aromatic heterocycles. The molecule has 47 heavy (non-hydrogen) atoms. The number of anilines is 2. The zero-order chi connectivity index (χ0) is 33.7. The van der Waals surface area contributed by atoms with Gasteiger partial charge in [-0.2, -0.15) is 5.10 Å². The van der Waals surface area contributed by atoms with Gasteiger partial charge in [0.2, 0.25) is 0 Å². The number of hydrogen-bond donors (Lipinski definition) is 2. The van der Waals surface area contributed by atoms with Crippen molar-refractivity contribution in [2.75, 3.05) is 50.0 Å². The van der Waals surface area contributed by atoms with Crippen LogP contribution in [-0.4, -0.2) is 82.2 Å². The van der Waals surface area contributed by atoms with Crippen molar-refractivity contribution in [1.29, 1.82) is 0 Å². The van der Waals surface area contributed by atoms with E-state index in [-0.39, 0.29) is 36.7 Å². The van der Waals surface area contributed by atoms with Crippen molar-refractivity contribution in [3.05, 3.63) is 101 Å². The topological polar surface area (TPSA) is 111 Å². The standard InChI is InChI=1S/C37H44N6O4/c1-37(2,3)33-24-32(41(5)39-33)36(47)43(17-16-34(44)45)25-26-10-9-13-28(22-26)29-14-15-31(42-20-18-40(4)19-21-42)30(23-29)38-35(46)27-11-7-6-8-12-27/h6-15,22-24H,16-21,25H2,1-5H3,(H,38,46)(H,44,45). The Morgan fingerprint density at radius 3 is 2.23 bits per heavy atom. The molecule has 1 aliphatic rings. The van der Waals surface area contributed by atoms with Crippen LogP contribution in [0.2, 0.25) is 0 Å². The zero-order valence-electron chi connectivity index (χ0n) is 27.9. The molecule has 0 radical (unpaired) electrons. The molecule has 2 heterocycles. The molecule has 10 heteroatoms. The minimum Gasteiger partial charge on any atom is -0.481 e. The molecule has 5 rings (SSSR count). The monoisotopic (exact) mass is 636 g/mol. The zero-order valence-corrected chi connectivity index (χ0v) is 27.9. The van der Waals surface area contributed by atoms with Crippen molar-refractivity contribution in [1.82, 2.24) is 19.6 Å². The highest BCUT2D eigenvalue weighted by atomic mass is 16.4. The lowest BCUT2D eigenvalue weighted by molar-refractivity contribution is -0.137. The van der Waals surface area contributed by atoms with Crippen molar-refractivity contribution in [2.45, 2.75) is 39.2 Å². The molecule has 246 valence electrons. The predicted molar refractivity (Wildman–Crippen MR) is 185 cm³/mol. The fourth-order valence-corrected chi connectivity index (χ4v) is 5.67. The third kappa shape index (κ3) is 8.26. The highest BCUT2D eigenvalue weighted by Gasteiger charge is 2.26. The highest BCUT2D eigenvalue weighted by molar-refractivity contribution is 6.06. The lowest BCUT2D eigenvalue weighted by Crippen LogP contribution is -2.44. The number of nitrogens with zero attached hydrogens (tertiary/aromatic N) is 5. The van der Waals surface area contributed by atoms with Crippen LogP contribution in [0.1, 0.15) is 59.3 Å². The van der Waals surface area contributed by atoms with Crippen LogP contribution in [0.4, 0.5) is 11.4 Å². The number of nitrogens with one attached hydrogen (secondary N) is 1. The van der Waals surface area contributed by atoms with E-state index in [1.165, 1.54) is 0 Å². The molecule has 0 atom stereocenters. The Bertz CT molecular complexity index is 1740. The van der Waals surface area contributed by atoms with Gasteiger partial charge in [0.15, 0.2) is 0 Å². The maximum absolute atomic E-state index is 13.8. The summed E-state index contributed by atoms with van der Waals surface area (Å²) in [6, 6.07) is 25.0. The number of carboxylic acids is 1. The second kappa shape index (κ2) is 14.2. The third-order valence-electron chi connectivity index (χ3n) is 8.51. The first-order chi connectivity index (χ1) is 22.4. The summed E-state index contributed by atoms with van der Waals surface area (Å²) in [5, 5.41) is 17.1. The molecule has 0 bridgehead atoms. The molecule has 2 N–H and O–H groups in total. The Morgan fingerprint density at radius 1 is 0.872 bits per heavy atom. The van der Waals surface area contributed by atoms with Gasteiger partial charge in [0.25, 0.3) is 11.8 Å². The number of likely N-dealkylation sites (N-methyl/N-ethyl adjacent to an activating group) is 1. The first-order valence-corrected chi connectivity index (χ1v) is 16.0. The van der Waals surface area contributed by atoms with E-state index in [4.69, 9.17) is 0 Å². The van der Waals surface area contributed by atoms with Crippen LogP contribution in [0.3, 0.4) is 0 Å². The minimum absolute atomic E-state index is 0.0593. The maximum atomic E-state index is 13.8. The molecule has 0 unspecified atom stereocenters. The van der Waals surface area contributed by atoms with E-state index in [9.17, 15) is 19.5 Å². The molecular formula is C37H44N6O4. The van der Waals surface area contributed by atoms with Gasteiger partial charge in [-0.05, 0) is 60.1 Å². The average molecular weight is 637 g/mol. The molecule has 3 aromatic carbocycles. The van der Waals surface area contributed by atoms with E-state index in [0.717, 1.165) is 59.9 Å². The van der Waals surface area contributed by atoms with Gasteiger partial charge in [0, 0.05) is 57.3 Å². The fourth-order valence-electron chi connectivity index (χ4n) is 5.67. The summed E-state index contributed by atoms with van der Waals surface area (Å²) in [4.78, 5) is 44.7. The quantitative estimate of drug-likeness (QED) is 0.236. The molecule has 10 nitrogen and oxygen atoms in total. The Hall–Kier alpha value is -4.96. The number of carbonyl (C=O) groups is 3. The van der Waals surface area contributed by atoms with Crippen molar-refractivity contribution >= 4 is 29.2 Å². The summed E-state index contributed by atoms with van der Waals surface area (Å²) in [6.07, 6.45) is -0.173. The van der Waals surface area contributed by atoms with Gasteiger partial charge < -0.3 is 25.1 Å². The number of carboxylic acid groups (broad SMARTS) is 1. The molecule has 0 saturated carbocycles. The van der Waals surface area contributed by atoms with Crippen molar-refractivity contribution < 1.29 is 19.5 Å². The molecule has 1 aliphatic heterocycles. The minimum atomic E-state index is -0.970. The number of carbonyl (C=O) groups excluding carboxylic acids is 2. The first-order valence-electron chi connectivity index (χ1n) is 16.0. The highest BCUT2D eigenvalue weighted by Crippen LogP contribution is 2.33. The van der Waals surface area contributed by atoms with Gasteiger partial charge in [-0.1, -0.05) is 63.2 Å². The Kier molecular flexibility index (Phi) is 10.1. The number of benzene rings is 3.